The van der Waals surface area contributed by atoms with Gasteiger partial charge in [0.1, 0.15) is 0 Å². The summed E-state index contributed by atoms with van der Waals surface area (Å²) in [5.41, 5.74) is 14.3. The van der Waals surface area contributed by atoms with Gasteiger partial charge >= 0.3 is 63.6 Å². The standard InChI is InChI=1S/C24H34I.C21H28I.C18H22I/c1-22(2,3)17-15-19(23(4,5)6)21(20(16-17)24(7,8)9)25-18-13-11-10-12-14-18;1-14(2)17-12-19(15(3)4)21(20(13-17)16(5)6)22-18-10-8-7-9-11-18;1-4-14-12-15(5-2)18(16(6-3)13-14)19-17-10-8-7-9-11-17/h10-16H,1-9H3;7-16H,1-6H3;7-13H,4-6H2,1-3H3/q3*+1. The molecule has 0 aromatic heterocycles. The van der Waals surface area contributed by atoms with Gasteiger partial charge in [0.15, 0.2) is 10.7 Å². The first kappa shape index (κ1) is 56.1. The van der Waals surface area contributed by atoms with Crippen LogP contribution in [-0.2, 0) is 35.5 Å². The van der Waals surface area contributed by atoms with E-state index in [4.69, 9.17) is 0 Å². The van der Waals surface area contributed by atoms with Crippen molar-refractivity contribution in [2.45, 2.75) is 178 Å². The highest BCUT2D eigenvalue weighted by atomic mass is 127. The summed E-state index contributed by atoms with van der Waals surface area (Å²) in [5, 5.41) is 0. The fraction of sp³-hybridized carbons (Fsp3) is 0.429. The van der Waals surface area contributed by atoms with Crippen molar-refractivity contribution < 1.29 is 63.6 Å². The van der Waals surface area contributed by atoms with Crippen LogP contribution in [0.5, 0.6) is 0 Å². The molecular weight excluding hydrogens is 1140 g/mol. The number of halogens is 3. The van der Waals surface area contributed by atoms with Crippen molar-refractivity contribution in [2.75, 3.05) is 0 Å². The largest absolute Gasteiger partial charge is 0.358 e. The lowest BCUT2D eigenvalue weighted by Gasteiger charge is -2.29. The second-order valence-electron chi connectivity index (χ2n) is 21.6. The number of hydrogen-bond donors (Lipinski definition) is 0. The third-order valence-corrected chi connectivity index (χ3v) is 21.3. The van der Waals surface area contributed by atoms with E-state index in [2.05, 4.69) is 252 Å². The topological polar surface area (TPSA) is 0 Å². The van der Waals surface area contributed by atoms with Crippen LogP contribution >= 0.6 is 0 Å². The highest BCUT2D eigenvalue weighted by Gasteiger charge is 2.36. The molecule has 0 spiro atoms. The van der Waals surface area contributed by atoms with E-state index in [-0.39, 0.29) is 79.9 Å². The van der Waals surface area contributed by atoms with Gasteiger partial charge in [-0.1, -0.05) is 216 Å². The van der Waals surface area contributed by atoms with E-state index in [1.54, 1.807) is 44.1 Å². The third-order valence-electron chi connectivity index (χ3n) is 11.9. The van der Waals surface area contributed by atoms with Crippen LogP contribution in [0.2, 0.25) is 0 Å². The van der Waals surface area contributed by atoms with Gasteiger partial charge in [0.25, 0.3) is 0 Å². The number of rotatable bonds is 12. The third kappa shape index (κ3) is 16.3. The zero-order chi connectivity index (χ0) is 49.0. The normalized spacial score (nSPS) is 12.0. The molecule has 6 rings (SSSR count). The molecule has 0 unspecified atom stereocenters. The Hall–Kier alpha value is -2.49. The highest BCUT2D eigenvalue weighted by molar-refractivity contribution is 5.40. The Morgan fingerprint density at radius 3 is 1.02 bits per heavy atom. The predicted octanol–water partition coefficient (Wildman–Crippen LogP) is 8.39. The van der Waals surface area contributed by atoms with E-state index in [1.807, 2.05) is 0 Å². The molecule has 0 heterocycles. The number of aryl methyl sites for hydroxylation is 3. The fourth-order valence-electron chi connectivity index (χ4n) is 7.65. The van der Waals surface area contributed by atoms with Crippen molar-refractivity contribution >= 4 is 0 Å². The van der Waals surface area contributed by atoms with Gasteiger partial charge in [0.05, 0.1) is 0 Å². The van der Waals surface area contributed by atoms with Crippen molar-refractivity contribution in [3.63, 3.8) is 0 Å². The molecule has 0 fully saturated rings. The van der Waals surface area contributed by atoms with Gasteiger partial charge in [-0.3, -0.25) is 0 Å². The Kier molecular flexibility index (Phi) is 21.6. The molecule has 354 valence electrons. The van der Waals surface area contributed by atoms with Gasteiger partial charge in [-0.2, -0.15) is 0 Å². The highest BCUT2D eigenvalue weighted by Crippen LogP contribution is 2.35. The molecule has 0 aliphatic carbocycles. The van der Waals surface area contributed by atoms with Crippen LogP contribution < -0.4 is 63.6 Å². The van der Waals surface area contributed by atoms with Gasteiger partial charge in [0, 0.05) is 33.4 Å². The summed E-state index contributed by atoms with van der Waals surface area (Å²) in [4.78, 5) is 0. The molecule has 6 aromatic carbocycles. The smallest absolute Gasteiger partial charge is 0.0619 e. The summed E-state index contributed by atoms with van der Waals surface area (Å²) in [7, 11) is 0. The molecule has 0 radical (unpaired) electrons. The molecule has 3 heteroatoms. The van der Waals surface area contributed by atoms with Crippen molar-refractivity contribution in [1.82, 2.24) is 0 Å². The zero-order valence-corrected chi connectivity index (χ0v) is 50.6. The summed E-state index contributed by atoms with van der Waals surface area (Å²) in [6, 6.07) is 47.8. The van der Waals surface area contributed by atoms with Gasteiger partial charge in [-0.05, 0) is 106 Å². The van der Waals surface area contributed by atoms with Crippen LogP contribution in [0.25, 0.3) is 0 Å². The molecule has 66 heavy (non-hydrogen) atoms. The van der Waals surface area contributed by atoms with E-state index < -0.39 is 0 Å². The van der Waals surface area contributed by atoms with Crippen LogP contribution in [0.15, 0.2) is 127 Å². The van der Waals surface area contributed by atoms with E-state index in [0.717, 1.165) is 19.3 Å². The first-order chi connectivity index (χ1) is 31.0. The van der Waals surface area contributed by atoms with Crippen molar-refractivity contribution in [3.05, 3.63) is 199 Å². The molecule has 0 atom stereocenters. The van der Waals surface area contributed by atoms with Crippen LogP contribution in [-0.4, -0.2) is 0 Å². The monoisotopic (exact) mass is 1220 g/mol. The number of hydrogen-bond acceptors (Lipinski definition) is 0. The summed E-state index contributed by atoms with van der Waals surface area (Å²) >= 11 is -0.356. The quantitative estimate of drug-likeness (QED) is 0.108. The van der Waals surface area contributed by atoms with Crippen molar-refractivity contribution in [3.8, 4) is 0 Å². The van der Waals surface area contributed by atoms with E-state index >= 15 is 0 Å². The van der Waals surface area contributed by atoms with Crippen molar-refractivity contribution in [2.24, 2.45) is 0 Å². The van der Waals surface area contributed by atoms with E-state index in [0.29, 0.717) is 17.8 Å². The van der Waals surface area contributed by atoms with E-state index in [9.17, 15) is 0 Å². The van der Waals surface area contributed by atoms with Crippen LogP contribution in [0, 0.1) is 21.4 Å². The first-order valence-electron chi connectivity index (χ1n) is 24.6. The molecule has 0 bridgehead atoms. The molecule has 0 amide bonds. The van der Waals surface area contributed by atoms with Crippen LogP contribution in [0.1, 0.15) is 192 Å². The van der Waals surface area contributed by atoms with Gasteiger partial charge < -0.3 is 0 Å². The summed E-state index contributed by atoms with van der Waals surface area (Å²) in [5.74, 6) is 1.78. The minimum Gasteiger partial charge on any atom is -0.0619 e. The lowest BCUT2D eigenvalue weighted by atomic mass is 9.75. The summed E-state index contributed by atoms with van der Waals surface area (Å²) < 4.78 is 9.47. The van der Waals surface area contributed by atoms with Crippen molar-refractivity contribution in [1.29, 1.82) is 0 Å². The SMILES string of the molecule is CC(C)(C)c1cc(C(C)(C)C)c([I+]c2ccccc2)c(C(C)(C)C)c1.CC(C)c1cc(C(C)C)c([I+]c2ccccc2)c(C(C)C)c1.CCc1cc(CC)c([I+]c2ccccc2)c(CC)c1. The Balaban J connectivity index is 0.000000218. The Morgan fingerprint density at radius 1 is 0.379 bits per heavy atom. The van der Waals surface area contributed by atoms with Gasteiger partial charge in [-0.15, -0.1) is 0 Å². The lowest BCUT2D eigenvalue weighted by Crippen LogP contribution is -3.62. The minimum absolute atomic E-state index is 0.0455. The molecule has 0 aliphatic rings. The van der Waals surface area contributed by atoms with Crippen LogP contribution in [0.3, 0.4) is 0 Å². The average molecular weight is 1220 g/mol. The Morgan fingerprint density at radius 2 is 0.727 bits per heavy atom. The molecular formula is C63H84I3+3. The predicted molar refractivity (Wildman–Crippen MR) is 277 cm³/mol. The summed E-state index contributed by atoms with van der Waals surface area (Å²) in [6.07, 6.45) is 3.45. The molecule has 0 saturated heterocycles. The molecule has 6 aromatic rings. The molecule has 0 aliphatic heterocycles. The maximum Gasteiger partial charge on any atom is 0.358 e. The van der Waals surface area contributed by atoms with Gasteiger partial charge in [0.2, 0.25) is 10.7 Å². The maximum absolute atomic E-state index is 2.49. The average Bonchev–Trinajstić information content (AvgIpc) is 3.26. The van der Waals surface area contributed by atoms with Crippen LogP contribution in [0.4, 0.5) is 0 Å². The fourth-order valence-corrected chi connectivity index (χ4v) is 18.3. The maximum atomic E-state index is 2.49. The molecule has 0 N–H and O–H groups in total. The first-order valence-corrected chi connectivity index (χ1v) is 31.1. The molecule has 0 nitrogen and oxygen atoms in total. The minimum atomic E-state index is -0.196. The number of benzene rings is 6. The summed E-state index contributed by atoms with van der Waals surface area (Å²) in [6.45, 7) is 41.9. The lowest BCUT2D eigenvalue weighted by molar-refractivity contribution is -0.599. The Bertz CT molecular complexity index is 2310. The van der Waals surface area contributed by atoms with E-state index in [1.165, 1.54) is 27.4 Å². The zero-order valence-electron chi connectivity index (χ0n) is 44.1. The molecule has 0 saturated carbocycles. The van der Waals surface area contributed by atoms with Gasteiger partial charge in [-0.25, -0.2) is 0 Å². The second-order valence-corrected chi connectivity index (χ2v) is 30.2. The second kappa shape index (κ2) is 25.4. The Labute approximate surface area is 436 Å².